The molecule has 3 rings (SSSR count). The monoisotopic (exact) mass is 315 g/mol. The highest BCUT2D eigenvalue weighted by atomic mass is 14.7. The van der Waals surface area contributed by atoms with Gasteiger partial charge in [0.15, 0.2) is 0 Å². The molecule has 1 heteroatoms. The van der Waals surface area contributed by atoms with E-state index in [1.165, 1.54) is 33.4 Å². The van der Waals surface area contributed by atoms with Gasteiger partial charge >= 0.3 is 0 Å². The van der Waals surface area contributed by atoms with Crippen LogP contribution in [0.25, 0.3) is 5.57 Å². The molecule has 0 bridgehead atoms. The lowest BCUT2D eigenvalue weighted by Crippen LogP contribution is -2.04. The van der Waals surface area contributed by atoms with Crippen molar-refractivity contribution in [1.82, 2.24) is 0 Å². The highest BCUT2D eigenvalue weighted by molar-refractivity contribution is 6.05. The maximum Gasteiger partial charge on any atom is 0.0633 e. The first kappa shape index (κ1) is 16.4. The molecular weight excluding hydrogens is 290 g/mol. The average Bonchev–Trinajstić information content (AvgIpc) is 2.79. The first-order valence-corrected chi connectivity index (χ1v) is 8.59. The molecule has 0 amide bonds. The quantitative estimate of drug-likeness (QED) is 0.567. The zero-order valence-corrected chi connectivity index (χ0v) is 15.2. The van der Waals surface area contributed by atoms with Crippen LogP contribution in [0, 0.1) is 5.92 Å². The van der Waals surface area contributed by atoms with Gasteiger partial charge in [-0.1, -0.05) is 55.0 Å². The molecule has 1 atom stereocenters. The van der Waals surface area contributed by atoms with Crippen LogP contribution < -0.4 is 0 Å². The minimum Gasteiger partial charge on any atom is -0.253 e. The van der Waals surface area contributed by atoms with Crippen LogP contribution in [0.4, 0.5) is 5.69 Å². The molecule has 0 saturated carbocycles. The van der Waals surface area contributed by atoms with Gasteiger partial charge in [-0.2, -0.15) is 0 Å². The normalized spacial score (nSPS) is 18.5. The van der Waals surface area contributed by atoms with Crippen molar-refractivity contribution < 1.29 is 0 Å². The summed E-state index contributed by atoms with van der Waals surface area (Å²) >= 11 is 0. The third-order valence-electron chi connectivity index (χ3n) is 5.30. The second-order valence-corrected chi connectivity index (χ2v) is 6.65. The van der Waals surface area contributed by atoms with Crippen molar-refractivity contribution in [2.45, 2.75) is 34.6 Å². The second kappa shape index (κ2) is 6.60. The molecule has 0 aromatic heterocycles. The van der Waals surface area contributed by atoms with E-state index in [9.17, 15) is 0 Å². The van der Waals surface area contributed by atoms with Gasteiger partial charge in [-0.3, -0.25) is 4.99 Å². The number of allylic oxidation sites excluding steroid dienone is 4. The van der Waals surface area contributed by atoms with Crippen molar-refractivity contribution in [1.29, 1.82) is 0 Å². The first-order chi connectivity index (χ1) is 11.5. The van der Waals surface area contributed by atoms with Gasteiger partial charge in [0.2, 0.25) is 0 Å². The third kappa shape index (κ3) is 2.87. The summed E-state index contributed by atoms with van der Waals surface area (Å²) in [6, 6.07) is 18.8. The number of aliphatic imine (C=N–C) groups is 1. The highest BCUT2D eigenvalue weighted by Crippen LogP contribution is 2.43. The summed E-state index contributed by atoms with van der Waals surface area (Å²) in [4.78, 5) is 4.83. The summed E-state index contributed by atoms with van der Waals surface area (Å²) in [6.45, 7) is 11.2. The van der Waals surface area contributed by atoms with Crippen LogP contribution in [0.3, 0.4) is 0 Å². The molecule has 24 heavy (non-hydrogen) atoms. The van der Waals surface area contributed by atoms with E-state index in [0.29, 0.717) is 5.92 Å². The van der Waals surface area contributed by atoms with E-state index in [4.69, 9.17) is 4.99 Å². The molecule has 1 aliphatic rings. The van der Waals surface area contributed by atoms with E-state index >= 15 is 0 Å². The molecule has 0 fully saturated rings. The minimum absolute atomic E-state index is 0.468. The molecule has 122 valence electrons. The lowest BCUT2D eigenvalue weighted by molar-refractivity contribution is 0.894. The number of para-hydroxylation sites is 1. The standard InChI is InChI=1S/C23H25N/c1-15-16(2)18(4)23(17(15)3)22-14-10-9-13-21(22)19(5)24-20-11-7-6-8-12-20/h6-14,17H,1-5H3. The summed E-state index contributed by atoms with van der Waals surface area (Å²) in [7, 11) is 0. The predicted octanol–water partition coefficient (Wildman–Crippen LogP) is 6.59. The van der Waals surface area contributed by atoms with Crippen molar-refractivity contribution in [3.63, 3.8) is 0 Å². The van der Waals surface area contributed by atoms with E-state index in [0.717, 1.165) is 11.4 Å². The van der Waals surface area contributed by atoms with Crippen LogP contribution in [0.1, 0.15) is 45.7 Å². The third-order valence-corrected chi connectivity index (χ3v) is 5.30. The van der Waals surface area contributed by atoms with Gasteiger partial charge in [0.1, 0.15) is 0 Å². The minimum atomic E-state index is 0.468. The zero-order valence-electron chi connectivity index (χ0n) is 15.2. The van der Waals surface area contributed by atoms with Gasteiger partial charge < -0.3 is 0 Å². The Morgan fingerprint density at radius 2 is 1.46 bits per heavy atom. The molecule has 0 spiro atoms. The highest BCUT2D eigenvalue weighted by Gasteiger charge is 2.26. The van der Waals surface area contributed by atoms with Crippen LogP contribution in [-0.2, 0) is 0 Å². The molecular formula is C23H25N. The van der Waals surface area contributed by atoms with Gasteiger partial charge in [-0.05, 0) is 62.1 Å². The van der Waals surface area contributed by atoms with E-state index < -0.39 is 0 Å². The lowest BCUT2D eigenvalue weighted by Gasteiger charge is -2.17. The van der Waals surface area contributed by atoms with E-state index in [2.05, 4.69) is 58.9 Å². The molecule has 1 nitrogen and oxygen atoms in total. The van der Waals surface area contributed by atoms with Crippen LogP contribution in [0.5, 0.6) is 0 Å². The predicted molar refractivity (Wildman–Crippen MR) is 105 cm³/mol. The number of nitrogens with zero attached hydrogens (tertiary/aromatic N) is 1. The van der Waals surface area contributed by atoms with E-state index in [-0.39, 0.29) is 0 Å². The molecule has 1 aliphatic carbocycles. The SMILES string of the molecule is CC(=Nc1ccccc1)c1ccccc1C1=C(C)C(C)=C(C)C1C. The smallest absolute Gasteiger partial charge is 0.0633 e. The molecule has 2 aromatic carbocycles. The molecule has 0 radical (unpaired) electrons. The number of hydrogen-bond acceptors (Lipinski definition) is 1. The van der Waals surface area contributed by atoms with E-state index in [1.54, 1.807) is 0 Å². The Kier molecular flexibility index (Phi) is 4.53. The molecule has 2 aromatic rings. The van der Waals surface area contributed by atoms with Gasteiger partial charge in [0, 0.05) is 17.2 Å². The Balaban J connectivity index is 2.09. The Labute approximate surface area is 145 Å². The molecule has 0 heterocycles. The van der Waals surface area contributed by atoms with Crippen molar-refractivity contribution in [2.24, 2.45) is 10.9 Å². The molecule has 0 saturated heterocycles. The maximum atomic E-state index is 4.83. The topological polar surface area (TPSA) is 12.4 Å². The summed E-state index contributed by atoms with van der Waals surface area (Å²) in [5.74, 6) is 0.468. The van der Waals surface area contributed by atoms with Crippen LogP contribution >= 0.6 is 0 Å². The van der Waals surface area contributed by atoms with Crippen LogP contribution in [0.15, 0.2) is 76.3 Å². The van der Waals surface area contributed by atoms with Gasteiger partial charge in [-0.15, -0.1) is 0 Å². The maximum absolute atomic E-state index is 4.83. The Bertz CT molecular complexity index is 851. The summed E-state index contributed by atoms with van der Waals surface area (Å²) in [5.41, 5.74) is 10.4. The van der Waals surface area contributed by atoms with Crippen LogP contribution in [-0.4, -0.2) is 5.71 Å². The molecule has 0 aliphatic heterocycles. The van der Waals surface area contributed by atoms with Gasteiger partial charge in [0.25, 0.3) is 0 Å². The lowest BCUT2D eigenvalue weighted by atomic mass is 9.88. The summed E-state index contributed by atoms with van der Waals surface area (Å²) < 4.78 is 0. The number of benzene rings is 2. The largest absolute Gasteiger partial charge is 0.253 e. The van der Waals surface area contributed by atoms with Crippen LogP contribution in [0.2, 0.25) is 0 Å². The van der Waals surface area contributed by atoms with Crippen molar-refractivity contribution in [2.75, 3.05) is 0 Å². The van der Waals surface area contributed by atoms with Crippen molar-refractivity contribution in [3.8, 4) is 0 Å². The van der Waals surface area contributed by atoms with Gasteiger partial charge in [0.05, 0.1) is 5.69 Å². The fraction of sp³-hybridized carbons (Fsp3) is 0.261. The summed E-state index contributed by atoms with van der Waals surface area (Å²) in [5, 5.41) is 0. The zero-order chi connectivity index (χ0) is 17.3. The average molecular weight is 315 g/mol. The fourth-order valence-electron chi connectivity index (χ4n) is 3.59. The second-order valence-electron chi connectivity index (χ2n) is 6.65. The van der Waals surface area contributed by atoms with Crippen molar-refractivity contribution in [3.05, 3.63) is 82.4 Å². The van der Waals surface area contributed by atoms with Crippen molar-refractivity contribution >= 4 is 17.0 Å². The Morgan fingerprint density at radius 1 is 0.833 bits per heavy atom. The molecule has 1 unspecified atom stereocenters. The molecule has 0 N–H and O–H groups in total. The number of hydrogen-bond donors (Lipinski definition) is 0. The summed E-state index contributed by atoms with van der Waals surface area (Å²) in [6.07, 6.45) is 0. The van der Waals surface area contributed by atoms with E-state index in [1.807, 2.05) is 30.3 Å². The Morgan fingerprint density at radius 3 is 2.08 bits per heavy atom. The Hall–Kier alpha value is -2.41. The number of rotatable bonds is 3. The van der Waals surface area contributed by atoms with Gasteiger partial charge in [-0.25, -0.2) is 0 Å². The first-order valence-electron chi connectivity index (χ1n) is 8.59. The fourth-order valence-corrected chi connectivity index (χ4v) is 3.59.